The molecule has 24 heavy (non-hydrogen) atoms. The standard InChI is InChI=1S/C19H21NO3S/c21-19(20-17-10-2-1-3-11-17)16-9-6-12-18(13-16)24(22,23)14-15-7-4-5-8-15/h1-3,6,9-13,15H,4-5,7-8,14H2,(H,20,21). The number of anilines is 1. The molecule has 2 aromatic rings. The fourth-order valence-electron chi connectivity index (χ4n) is 3.14. The van der Waals surface area contributed by atoms with Crippen LogP contribution in [-0.4, -0.2) is 20.1 Å². The van der Waals surface area contributed by atoms with Crippen LogP contribution in [0.2, 0.25) is 0 Å². The fourth-order valence-corrected chi connectivity index (χ4v) is 4.88. The van der Waals surface area contributed by atoms with Gasteiger partial charge in [-0.2, -0.15) is 0 Å². The molecule has 0 radical (unpaired) electrons. The zero-order valence-electron chi connectivity index (χ0n) is 13.4. The lowest BCUT2D eigenvalue weighted by molar-refractivity contribution is 0.102. The molecule has 126 valence electrons. The third kappa shape index (κ3) is 4.03. The number of hydrogen-bond acceptors (Lipinski definition) is 3. The van der Waals surface area contributed by atoms with Gasteiger partial charge in [-0.3, -0.25) is 4.79 Å². The predicted molar refractivity (Wildman–Crippen MR) is 94.8 cm³/mol. The summed E-state index contributed by atoms with van der Waals surface area (Å²) in [6.45, 7) is 0. The molecule has 0 heterocycles. The largest absolute Gasteiger partial charge is 0.322 e. The summed E-state index contributed by atoms with van der Waals surface area (Å²) in [5, 5.41) is 2.78. The fraction of sp³-hybridized carbons (Fsp3) is 0.316. The Bertz CT molecular complexity index is 810. The van der Waals surface area contributed by atoms with Gasteiger partial charge in [-0.1, -0.05) is 37.1 Å². The van der Waals surface area contributed by atoms with Crippen LogP contribution in [-0.2, 0) is 9.84 Å². The quantitative estimate of drug-likeness (QED) is 0.895. The van der Waals surface area contributed by atoms with E-state index in [1.807, 2.05) is 18.2 Å². The van der Waals surface area contributed by atoms with Crippen molar-refractivity contribution in [1.29, 1.82) is 0 Å². The van der Waals surface area contributed by atoms with Gasteiger partial charge in [-0.05, 0) is 49.1 Å². The number of carbonyl (C=O) groups is 1. The smallest absolute Gasteiger partial charge is 0.255 e. The first-order valence-electron chi connectivity index (χ1n) is 8.24. The van der Waals surface area contributed by atoms with Gasteiger partial charge in [0.2, 0.25) is 0 Å². The van der Waals surface area contributed by atoms with Crippen LogP contribution < -0.4 is 5.32 Å². The van der Waals surface area contributed by atoms with Crippen LogP contribution >= 0.6 is 0 Å². The Morgan fingerprint density at radius 1 is 1.00 bits per heavy atom. The number of rotatable bonds is 5. The van der Waals surface area contributed by atoms with Gasteiger partial charge in [0.25, 0.3) is 5.91 Å². The van der Waals surface area contributed by atoms with E-state index in [-0.39, 0.29) is 22.5 Å². The molecule has 5 heteroatoms. The topological polar surface area (TPSA) is 63.2 Å². The molecule has 2 aromatic carbocycles. The highest BCUT2D eigenvalue weighted by molar-refractivity contribution is 7.91. The van der Waals surface area contributed by atoms with Crippen LogP contribution in [0.3, 0.4) is 0 Å². The van der Waals surface area contributed by atoms with Crippen LogP contribution in [0.1, 0.15) is 36.0 Å². The van der Waals surface area contributed by atoms with E-state index in [0.29, 0.717) is 11.3 Å². The highest BCUT2D eigenvalue weighted by Crippen LogP contribution is 2.28. The number of carbonyl (C=O) groups excluding carboxylic acids is 1. The van der Waals surface area contributed by atoms with Gasteiger partial charge in [0.15, 0.2) is 9.84 Å². The summed E-state index contributed by atoms with van der Waals surface area (Å²) in [5.41, 5.74) is 1.04. The van der Waals surface area contributed by atoms with E-state index in [0.717, 1.165) is 25.7 Å². The Morgan fingerprint density at radius 2 is 1.71 bits per heavy atom. The van der Waals surface area contributed by atoms with Crippen molar-refractivity contribution >= 4 is 21.4 Å². The van der Waals surface area contributed by atoms with Gasteiger partial charge in [0.1, 0.15) is 0 Å². The van der Waals surface area contributed by atoms with Gasteiger partial charge in [0.05, 0.1) is 10.6 Å². The van der Waals surface area contributed by atoms with Gasteiger partial charge >= 0.3 is 0 Å². The Labute approximate surface area is 142 Å². The van der Waals surface area contributed by atoms with Crippen LogP contribution in [0.25, 0.3) is 0 Å². The summed E-state index contributed by atoms with van der Waals surface area (Å²) in [5.74, 6) is 0.118. The molecule has 0 saturated heterocycles. The molecule has 0 aliphatic heterocycles. The molecule has 0 unspecified atom stereocenters. The molecule has 1 aliphatic carbocycles. The summed E-state index contributed by atoms with van der Waals surface area (Å²) in [6.07, 6.45) is 4.18. The highest BCUT2D eigenvalue weighted by Gasteiger charge is 2.24. The monoisotopic (exact) mass is 343 g/mol. The second-order valence-corrected chi connectivity index (χ2v) is 8.31. The van der Waals surface area contributed by atoms with Crippen molar-refractivity contribution in [2.24, 2.45) is 5.92 Å². The third-order valence-electron chi connectivity index (χ3n) is 4.42. The summed E-state index contributed by atoms with van der Waals surface area (Å²) in [6, 6.07) is 15.4. The van der Waals surface area contributed by atoms with Crippen molar-refractivity contribution in [2.75, 3.05) is 11.1 Å². The molecular formula is C19H21NO3S. The third-order valence-corrected chi connectivity index (χ3v) is 6.30. The first-order valence-corrected chi connectivity index (χ1v) is 9.89. The second kappa shape index (κ2) is 7.18. The average Bonchev–Trinajstić information content (AvgIpc) is 3.08. The van der Waals surface area contributed by atoms with Crippen LogP contribution in [0, 0.1) is 5.92 Å². The van der Waals surface area contributed by atoms with Crippen LogP contribution in [0.4, 0.5) is 5.69 Å². The van der Waals surface area contributed by atoms with E-state index < -0.39 is 9.84 Å². The van der Waals surface area contributed by atoms with Crippen molar-refractivity contribution in [3.8, 4) is 0 Å². The van der Waals surface area contributed by atoms with E-state index in [9.17, 15) is 13.2 Å². The van der Waals surface area contributed by atoms with Crippen LogP contribution in [0.15, 0.2) is 59.5 Å². The number of amides is 1. The molecule has 1 aliphatic rings. The highest BCUT2D eigenvalue weighted by atomic mass is 32.2. The first-order chi connectivity index (χ1) is 11.5. The minimum absolute atomic E-state index is 0.177. The minimum Gasteiger partial charge on any atom is -0.322 e. The summed E-state index contributed by atoms with van der Waals surface area (Å²) in [7, 11) is -3.35. The average molecular weight is 343 g/mol. The normalized spacial score (nSPS) is 15.3. The molecule has 4 nitrogen and oxygen atoms in total. The summed E-state index contributed by atoms with van der Waals surface area (Å²) < 4.78 is 25.2. The molecule has 0 atom stereocenters. The maximum atomic E-state index is 12.6. The maximum absolute atomic E-state index is 12.6. The van der Waals surface area contributed by atoms with Gasteiger partial charge in [0, 0.05) is 11.3 Å². The molecule has 0 bridgehead atoms. The Balaban J connectivity index is 1.77. The number of hydrogen-bond donors (Lipinski definition) is 1. The van der Waals surface area contributed by atoms with Crippen LogP contribution in [0.5, 0.6) is 0 Å². The summed E-state index contributed by atoms with van der Waals surface area (Å²) >= 11 is 0. The molecule has 1 amide bonds. The van der Waals surface area contributed by atoms with Crippen molar-refractivity contribution in [2.45, 2.75) is 30.6 Å². The van der Waals surface area contributed by atoms with Gasteiger partial charge in [-0.15, -0.1) is 0 Å². The van der Waals surface area contributed by atoms with E-state index in [2.05, 4.69) is 5.32 Å². The molecular weight excluding hydrogens is 322 g/mol. The minimum atomic E-state index is -3.35. The lowest BCUT2D eigenvalue weighted by Crippen LogP contribution is -2.16. The second-order valence-electron chi connectivity index (χ2n) is 6.28. The van der Waals surface area contributed by atoms with E-state index >= 15 is 0 Å². The lowest BCUT2D eigenvalue weighted by atomic mass is 10.1. The summed E-state index contributed by atoms with van der Waals surface area (Å²) in [4.78, 5) is 12.6. The van der Waals surface area contributed by atoms with Crippen molar-refractivity contribution in [1.82, 2.24) is 0 Å². The molecule has 3 rings (SSSR count). The molecule has 1 N–H and O–H groups in total. The number of nitrogens with one attached hydrogen (secondary N) is 1. The van der Waals surface area contributed by atoms with E-state index in [4.69, 9.17) is 0 Å². The number of benzene rings is 2. The van der Waals surface area contributed by atoms with Crippen molar-refractivity contribution < 1.29 is 13.2 Å². The van der Waals surface area contributed by atoms with Gasteiger partial charge < -0.3 is 5.32 Å². The Hall–Kier alpha value is -2.14. The van der Waals surface area contributed by atoms with E-state index in [1.54, 1.807) is 30.3 Å². The SMILES string of the molecule is O=C(Nc1ccccc1)c1cccc(S(=O)(=O)CC2CCCC2)c1. The Kier molecular flexibility index (Phi) is 5.00. The van der Waals surface area contributed by atoms with Crippen molar-refractivity contribution in [3.63, 3.8) is 0 Å². The molecule has 1 fully saturated rings. The zero-order chi connectivity index (χ0) is 17.0. The molecule has 0 spiro atoms. The van der Waals surface area contributed by atoms with E-state index in [1.165, 1.54) is 6.07 Å². The molecule has 0 aromatic heterocycles. The number of sulfone groups is 1. The zero-order valence-corrected chi connectivity index (χ0v) is 14.3. The lowest BCUT2D eigenvalue weighted by Gasteiger charge is -2.11. The Morgan fingerprint density at radius 3 is 2.42 bits per heavy atom. The first kappa shape index (κ1) is 16.7. The molecule has 1 saturated carbocycles. The van der Waals surface area contributed by atoms with Crippen molar-refractivity contribution in [3.05, 3.63) is 60.2 Å². The predicted octanol–water partition coefficient (Wildman–Crippen LogP) is 3.90. The maximum Gasteiger partial charge on any atom is 0.255 e. The number of para-hydroxylation sites is 1. The van der Waals surface area contributed by atoms with Gasteiger partial charge in [-0.25, -0.2) is 8.42 Å².